The van der Waals surface area contributed by atoms with E-state index < -0.39 is 21.8 Å². The van der Waals surface area contributed by atoms with E-state index in [2.05, 4.69) is 5.32 Å². The molecule has 0 spiro atoms. The summed E-state index contributed by atoms with van der Waals surface area (Å²) in [6, 6.07) is 15.1. The first-order valence-corrected chi connectivity index (χ1v) is 10.1. The molecule has 0 aliphatic carbocycles. The molecule has 0 aromatic heterocycles. The van der Waals surface area contributed by atoms with Gasteiger partial charge >= 0.3 is 12.0 Å². The summed E-state index contributed by atoms with van der Waals surface area (Å²) >= 11 is 0. The topological polar surface area (TPSA) is 104 Å². The van der Waals surface area contributed by atoms with E-state index in [9.17, 15) is 18.0 Å². The van der Waals surface area contributed by atoms with Gasteiger partial charge in [-0.2, -0.15) is 0 Å². The van der Waals surface area contributed by atoms with Crippen molar-refractivity contribution < 1.29 is 23.1 Å². The first-order chi connectivity index (χ1) is 12.7. The second-order valence-corrected chi connectivity index (χ2v) is 8.28. The maximum atomic E-state index is 12.4. The monoisotopic (exact) mass is 390 g/mol. The van der Waals surface area contributed by atoms with Gasteiger partial charge in [-0.25, -0.2) is 13.2 Å². The number of anilines is 1. The summed E-state index contributed by atoms with van der Waals surface area (Å²) < 4.78 is 24.8. The van der Waals surface area contributed by atoms with Crippen LogP contribution in [0.1, 0.15) is 17.5 Å². The third-order valence-electron chi connectivity index (χ3n) is 3.80. The molecule has 2 rings (SSSR count). The zero-order valence-corrected chi connectivity index (χ0v) is 15.8. The number of hydrogen-bond donors (Lipinski definition) is 2. The van der Waals surface area contributed by atoms with Crippen molar-refractivity contribution in [1.82, 2.24) is 4.90 Å². The van der Waals surface area contributed by atoms with Gasteiger partial charge in [0.05, 0.1) is 17.9 Å². The summed E-state index contributed by atoms with van der Waals surface area (Å²) in [6.07, 6.45) is -0.151. The normalized spacial score (nSPS) is 11.0. The molecule has 0 radical (unpaired) electrons. The number of amides is 2. The van der Waals surface area contributed by atoms with E-state index in [1.54, 1.807) is 48.5 Å². The lowest BCUT2D eigenvalue weighted by Crippen LogP contribution is -2.33. The van der Waals surface area contributed by atoms with Gasteiger partial charge < -0.3 is 15.3 Å². The molecule has 2 aromatic carbocycles. The third-order valence-corrected chi connectivity index (χ3v) is 5.35. The molecule has 0 aliphatic heterocycles. The van der Waals surface area contributed by atoms with Gasteiger partial charge in [-0.1, -0.05) is 42.5 Å². The van der Waals surface area contributed by atoms with Crippen LogP contribution in [0, 0.1) is 0 Å². The Hall–Kier alpha value is -2.87. The molecule has 8 heteroatoms. The minimum absolute atomic E-state index is 0.0532. The summed E-state index contributed by atoms with van der Waals surface area (Å²) in [5.41, 5.74) is 1.74. The maximum Gasteiger partial charge on any atom is 0.321 e. The van der Waals surface area contributed by atoms with Crippen LogP contribution in [0.15, 0.2) is 54.6 Å². The number of benzene rings is 2. The Labute approximate surface area is 158 Å². The van der Waals surface area contributed by atoms with Crippen LogP contribution in [0.2, 0.25) is 0 Å². The van der Waals surface area contributed by atoms with Crippen molar-refractivity contribution in [2.75, 3.05) is 18.9 Å². The zero-order chi connectivity index (χ0) is 19.9. The van der Waals surface area contributed by atoms with E-state index in [0.29, 0.717) is 11.3 Å². The Kier molecular flexibility index (Phi) is 6.95. The average molecular weight is 390 g/mol. The van der Waals surface area contributed by atoms with Crippen molar-refractivity contribution in [2.24, 2.45) is 0 Å². The number of carbonyl (C=O) groups excluding carboxylic acids is 1. The van der Waals surface area contributed by atoms with Crippen LogP contribution in [0.3, 0.4) is 0 Å². The lowest BCUT2D eigenvalue weighted by Gasteiger charge is -2.17. The number of sulfone groups is 1. The second-order valence-electron chi connectivity index (χ2n) is 6.21. The number of nitrogens with one attached hydrogen (secondary N) is 1. The number of aliphatic carboxylic acids is 1. The highest BCUT2D eigenvalue weighted by molar-refractivity contribution is 7.89. The number of hydrogen-bond acceptors (Lipinski definition) is 4. The van der Waals surface area contributed by atoms with Crippen molar-refractivity contribution in [2.45, 2.75) is 17.9 Å². The lowest BCUT2D eigenvalue weighted by atomic mass is 10.2. The molecule has 0 saturated carbocycles. The summed E-state index contributed by atoms with van der Waals surface area (Å²) in [5.74, 6) is -1.18. The summed E-state index contributed by atoms with van der Waals surface area (Å²) in [7, 11) is -1.86. The molecular formula is C19H22N2O5S. The third kappa shape index (κ3) is 7.10. The SMILES string of the molecule is CN(CCC(=O)O)C(=O)Nc1cccc(CS(=O)(=O)Cc2ccccc2)c1. The molecule has 2 amide bonds. The van der Waals surface area contributed by atoms with Crippen LogP contribution in [-0.2, 0) is 26.1 Å². The van der Waals surface area contributed by atoms with Crippen LogP contribution in [0.4, 0.5) is 10.5 Å². The molecule has 0 unspecified atom stereocenters. The van der Waals surface area contributed by atoms with E-state index in [-0.39, 0.29) is 24.5 Å². The Morgan fingerprint density at radius 3 is 2.30 bits per heavy atom. The fraction of sp³-hybridized carbons (Fsp3) is 0.263. The highest BCUT2D eigenvalue weighted by Crippen LogP contribution is 2.16. The molecule has 0 heterocycles. The summed E-state index contributed by atoms with van der Waals surface area (Å²) in [4.78, 5) is 23.9. The molecule has 2 N–H and O–H groups in total. The van der Waals surface area contributed by atoms with E-state index >= 15 is 0 Å². The Morgan fingerprint density at radius 2 is 1.63 bits per heavy atom. The molecule has 7 nitrogen and oxygen atoms in total. The van der Waals surface area contributed by atoms with Crippen molar-refractivity contribution in [3.63, 3.8) is 0 Å². The van der Waals surface area contributed by atoms with Gasteiger partial charge in [0.2, 0.25) is 0 Å². The molecule has 0 saturated heterocycles. The number of carboxylic acid groups (broad SMARTS) is 1. The van der Waals surface area contributed by atoms with Gasteiger partial charge in [0, 0.05) is 19.3 Å². The van der Waals surface area contributed by atoms with E-state index in [0.717, 1.165) is 5.56 Å². The number of urea groups is 1. The largest absolute Gasteiger partial charge is 0.481 e. The van der Waals surface area contributed by atoms with E-state index in [1.807, 2.05) is 6.07 Å². The number of nitrogens with zero attached hydrogens (tertiary/aromatic N) is 1. The minimum atomic E-state index is -3.36. The van der Waals surface area contributed by atoms with Crippen molar-refractivity contribution in [3.05, 3.63) is 65.7 Å². The summed E-state index contributed by atoms with van der Waals surface area (Å²) in [5, 5.41) is 11.3. The Bertz CT molecular complexity index is 897. The van der Waals surface area contributed by atoms with Crippen LogP contribution in [-0.4, -0.2) is 44.0 Å². The molecule has 27 heavy (non-hydrogen) atoms. The average Bonchev–Trinajstić information content (AvgIpc) is 2.59. The molecule has 0 bridgehead atoms. The molecule has 144 valence electrons. The first kappa shape index (κ1) is 20.4. The minimum Gasteiger partial charge on any atom is -0.481 e. The molecular weight excluding hydrogens is 368 g/mol. The lowest BCUT2D eigenvalue weighted by molar-refractivity contribution is -0.137. The molecule has 2 aromatic rings. The number of carbonyl (C=O) groups is 2. The van der Waals surface area contributed by atoms with Gasteiger partial charge in [0.15, 0.2) is 9.84 Å². The van der Waals surface area contributed by atoms with Crippen LogP contribution >= 0.6 is 0 Å². The molecule has 0 fully saturated rings. The zero-order valence-electron chi connectivity index (χ0n) is 15.0. The van der Waals surface area contributed by atoms with Gasteiger partial charge in [-0.15, -0.1) is 0 Å². The second kappa shape index (κ2) is 9.18. The van der Waals surface area contributed by atoms with Crippen LogP contribution in [0.5, 0.6) is 0 Å². The number of carboxylic acids is 1. The Morgan fingerprint density at radius 1 is 1.00 bits per heavy atom. The highest BCUT2D eigenvalue weighted by atomic mass is 32.2. The van der Waals surface area contributed by atoms with E-state index in [4.69, 9.17) is 5.11 Å². The van der Waals surface area contributed by atoms with Gasteiger partial charge in [-0.3, -0.25) is 4.79 Å². The summed E-state index contributed by atoms with van der Waals surface area (Å²) in [6.45, 7) is 0.0757. The fourth-order valence-electron chi connectivity index (χ4n) is 2.46. The predicted octanol–water partition coefficient (Wildman–Crippen LogP) is 2.74. The molecule has 0 aliphatic rings. The first-order valence-electron chi connectivity index (χ1n) is 8.32. The Balaban J connectivity index is 2.00. The quantitative estimate of drug-likeness (QED) is 0.721. The van der Waals surface area contributed by atoms with Crippen LogP contribution < -0.4 is 5.32 Å². The van der Waals surface area contributed by atoms with Crippen molar-refractivity contribution in [1.29, 1.82) is 0 Å². The standard InChI is InChI=1S/C19H22N2O5S/c1-21(11-10-18(22)23)19(24)20-17-9-5-8-16(12-17)14-27(25,26)13-15-6-3-2-4-7-15/h2-9,12H,10-11,13-14H2,1H3,(H,20,24)(H,22,23). The van der Waals surface area contributed by atoms with E-state index in [1.165, 1.54) is 11.9 Å². The fourth-order valence-corrected chi connectivity index (χ4v) is 3.95. The van der Waals surface area contributed by atoms with Gasteiger partial charge in [0.1, 0.15) is 0 Å². The maximum absolute atomic E-state index is 12.4. The smallest absolute Gasteiger partial charge is 0.321 e. The van der Waals surface area contributed by atoms with Gasteiger partial charge in [-0.05, 0) is 23.3 Å². The van der Waals surface area contributed by atoms with Crippen LogP contribution in [0.25, 0.3) is 0 Å². The predicted molar refractivity (Wildman–Crippen MR) is 103 cm³/mol. The van der Waals surface area contributed by atoms with Gasteiger partial charge in [0.25, 0.3) is 0 Å². The molecule has 0 atom stereocenters. The number of rotatable bonds is 8. The highest BCUT2D eigenvalue weighted by Gasteiger charge is 2.15. The van der Waals surface area contributed by atoms with Crippen molar-refractivity contribution in [3.8, 4) is 0 Å². The van der Waals surface area contributed by atoms with Crippen molar-refractivity contribution >= 4 is 27.5 Å².